The number of sulfonamides is 1. The van der Waals surface area contributed by atoms with Crippen LogP contribution < -0.4 is 0 Å². The predicted molar refractivity (Wildman–Crippen MR) is 116 cm³/mol. The molecule has 3 aromatic rings. The van der Waals surface area contributed by atoms with Gasteiger partial charge in [-0.3, -0.25) is 4.79 Å². The van der Waals surface area contributed by atoms with E-state index in [0.717, 1.165) is 23.4 Å². The van der Waals surface area contributed by atoms with Gasteiger partial charge in [-0.2, -0.15) is 4.31 Å². The topological polar surface area (TPSA) is 86.4 Å². The summed E-state index contributed by atoms with van der Waals surface area (Å²) in [5.74, 6) is -0.785. The van der Waals surface area contributed by atoms with Gasteiger partial charge in [0, 0.05) is 26.2 Å². The molecule has 4 rings (SSSR count). The van der Waals surface area contributed by atoms with Crippen LogP contribution in [0.25, 0.3) is 11.3 Å². The third-order valence-electron chi connectivity index (χ3n) is 5.08. The van der Waals surface area contributed by atoms with E-state index in [0.29, 0.717) is 5.16 Å². The van der Waals surface area contributed by atoms with Gasteiger partial charge in [0.1, 0.15) is 11.6 Å². The number of amides is 1. The zero-order valence-corrected chi connectivity index (χ0v) is 18.5. The van der Waals surface area contributed by atoms with Crippen molar-refractivity contribution < 1.29 is 22.0 Å². The van der Waals surface area contributed by atoms with Crippen LogP contribution in [0.5, 0.6) is 0 Å². The van der Waals surface area contributed by atoms with Crippen LogP contribution in [0.1, 0.15) is 0 Å². The Morgan fingerprint density at radius 2 is 1.56 bits per heavy atom. The van der Waals surface area contributed by atoms with Crippen molar-refractivity contribution in [2.45, 2.75) is 10.1 Å². The molecule has 11 heteroatoms. The molecule has 1 aliphatic heterocycles. The maximum Gasteiger partial charge on any atom is 0.243 e. The van der Waals surface area contributed by atoms with Crippen molar-refractivity contribution >= 4 is 27.7 Å². The lowest BCUT2D eigenvalue weighted by Crippen LogP contribution is -2.50. The van der Waals surface area contributed by atoms with Gasteiger partial charge in [0.25, 0.3) is 0 Å². The normalized spacial score (nSPS) is 15.1. The van der Waals surface area contributed by atoms with E-state index in [4.69, 9.17) is 0 Å². The van der Waals surface area contributed by atoms with E-state index < -0.39 is 15.8 Å². The number of carbonyl (C=O) groups excluding carboxylic acids is 1. The van der Waals surface area contributed by atoms with Gasteiger partial charge in [-0.05, 0) is 54.1 Å². The number of nitrogens with zero attached hydrogens (tertiary/aromatic N) is 3. The highest BCUT2D eigenvalue weighted by Crippen LogP contribution is 2.23. The van der Waals surface area contributed by atoms with Gasteiger partial charge in [-0.15, -0.1) is 0 Å². The number of imidazole rings is 1. The Kier molecular flexibility index (Phi) is 6.58. The molecule has 0 saturated carbocycles. The lowest BCUT2D eigenvalue weighted by molar-refractivity contribution is -0.129. The number of piperazine rings is 1. The number of hydrogen-bond donors (Lipinski definition) is 1. The van der Waals surface area contributed by atoms with Gasteiger partial charge in [-0.25, -0.2) is 22.2 Å². The summed E-state index contributed by atoms with van der Waals surface area (Å²) in [6.45, 7) is 0.898. The Bertz CT molecular complexity index is 1190. The summed E-state index contributed by atoms with van der Waals surface area (Å²) >= 11 is 1.25. The summed E-state index contributed by atoms with van der Waals surface area (Å²) in [4.78, 5) is 21.6. The average Bonchev–Trinajstić information content (AvgIpc) is 3.27. The first-order valence-electron chi connectivity index (χ1n) is 9.80. The number of benzene rings is 2. The quantitative estimate of drug-likeness (QED) is 0.551. The van der Waals surface area contributed by atoms with Crippen molar-refractivity contribution in [1.82, 2.24) is 19.2 Å². The number of carbonyl (C=O) groups is 1. The summed E-state index contributed by atoms with van der Waals surface area (Å²) in [7, 11) is -3.72. The minimum Gasteiger partial charge on any atom is -0.339 e. The minimum absolute atomic E-state index is 0.0315. The third kappa shape index (κ3) is 5.00. The second-order valence-electron chi connectivity index (χ2n) is 7.14. The van der Waals surface area contributed by atoms with Gasteiger partial charge >= 0.3 is 0 Å². The Labute approximate surface area is 188 Å². The summed E-state index contributed by atoms with van der Waals surface area (Å²) < 4.78 is 52.8. The van der Waals surface area contributed by atoms with Crippen molar-refractivity contribution in [2.75, 3.05) is 31.9 Å². The first-order valence-corrected chi connectivity index (χ1v) is 12.2. The molecule has 2 heterocycles. The van der Waals surface area contributed by atoms with Crippen LogP contribution in [-0.4, -0.2) is 65.4 Å². The van der Waals surface area contributed by atoms with Crippen LogP contribution in [-0.2, 0) is 14.8 Å². The fourth-order valence-corrected chi connectivity index (χ4v) is 5.48. The van der Waals surface area contributed by atoms with Gasteiger partial charge < -0.3 is 9.88 Å². The molecule has 0 aliphatic carbocycles. The molecule has 7 nitrogen and oxygen atoms in total. The van der Waals surface area contributed by atoms with Gasteiger partial charge in [0.15, 0.2) is 5.16 Å². The molecule has 1 N–H and O–H groups in total. The van der Waals surface area contributed by atoms with Crippen molar-refractivity contribution in [1.29, 1.82) is 0 Å². The highest BCUT2D eigenvalue weighted by molar-refractivity contribution is 7.99. The van der Waals surface area contributed by atoms with E-state index >= 15 is 0 Å². The Balaban J connectivity index is 1.29. The van der Waals surface area contributed by atoms with Crippen LogP contribution in [0.4, 0.5) is 8.78 Å². The second kappa shape index (κ2) is 9.39. The molecule has 0 unspecified atom stereocenters. The summed E-state index contributed by atoms with van der Waals surface area (Å²) in [5, 5.41) is 0.565. The fraction of sp³-hybridized carbons (Fsp3) is 0.238. The number of nitrogens with one attached hydrogen (secondary N) is 1. The number of hydrogen-bond acceptors (Lipinski definition) is 5. The van der Waals surface area contributed by atoms with Crippen molar-refractivity contribution in [2.24, 2.45) is 0 Å². The molecule has 1 saturated heterocycles. The largest absolute Gasteiger partial charge is 0.339 e. The molecular formula is C21H20F2N4O3S2. The van der Waals surface area contributed by atoms with Crippen LogP contribution >= 0.6 is 11.8 Å². The van der Waals surface area contributed by atoms with Gasteiger partial charge in [0.2, 0.25) is 15.9 Å². The molecule has 0 bridgehead atoms. The lowest BCUT2D eigenvalue weighted by Gasteiger charge is -2.34. The Morgan fingerprint density at radius 1 is 0.969 bits per heavy atom. The number of H-pyrrole nitrogens is 1. The molecule has 1 fully saturated rings. The van der Waals surface area contributed by atoms with Crippen LogP contribution in [0, 0.1) is 11.6 Å². The lowest BCUT2D eigenvalue weighted by atomic mass is 10.2. The maximum absolute atomic E-state index is 13.1. The molecule has 0 atom stereocenters. The smallest absolute Gasteiger partial charge is 0.243 e. The minimum atomic E-state index is -3.72. The van der Waals surface area contributed by atoms with Crippen LogP contribution in [0.2, 0.25) is 0 Å². The average molecular weight is 479 g/mol. The number of aromatic amines is 1. The predicted octanol–water partition coefficient (Wildman–Crippen LogP) is 2.98. The molecule has 0 radical (unpaired) electrons. The molecule has 2 aromatic carbocycles. The first-order chi connectivity index (χ1) is 15.3. The molecule has 168 valence electrons. The SMILES string of the molecule is O=C(CSc1ncc(-c2ccc(F)cc2)[nH]1)N1CCN(S(=O)(=O)c2ccc(F)cc2)CC1. The zero-order valence-electron chi connectivity index (χ0n) is 16.9. The number of halogens is 2. The monoisotopic (exact) mass is 478 g/mol. The summed E-state index contributed by atoms with van der Waals surface area (Å²) in [5.41, 5.74) is 1.51. The van der Waals surface area contributed by atoms with E-state index in [-0.39, 0.29) is 48.6 Å². The van der Waals surface area contributed by atoms with E-state index in [1.54, 1.807) is 23.2 Å². The van der Waals surface area contributed by atoms with Crippen molar-refractivity contribution in [3.8, 4) is 11.3 Å². The fourth-order valence-electron chi connectivity index (χ4n) is 3.31. The molecule has 32 heavy (non-hydrogen) atoms. The summed E-state index contributed by atoms with van der Waals surface area (Å²) in [6.07, 6.45) is 1.62. The van der Waals surface area contributed by atoms with E-state index in [9.17, 15) is 22.0 Å². The van der Waals surface area contributed by atoms with Crippen LogP contribution in [0.3, 0.4) is 0 Å². The highest BCUT2D eigenvalue weighted by Gasteiger charge is 2.30. The van der Waals surface area contributed by atoms with Gasteiger partial charge in [0.05, 0.1) is 22.5 Å². The zero-order chi connectivity index (χ0) is 22.7. The number of aromatic nitrogens is 2. The van der Waals surface area contributed by atoms with E-state index in [1.165, 1.54) is 40.3 Å². The molecule has 0 spiro atoms. The third-order valence-corrected chi connectivity index (χ3v) is 7.87. The molecule has 1 aliphatic rings. The molecular weight excluding hydrogens is 458 g/mol. The van der Waals surface area contributed by atoms with Crippen LogP contribution in [0.15, 0.2) is 64.8 Å². The second-order valence-corrected chi connectivity index (χ2v) is 10.0. The number of rotatable bonds is 6. The van der Waals surface area contributed by atoms with Crippen molar-refractivity contribution in [3.63, 3.8) is 0 Å². The van der Waals surface area contributed by atoms with Crippen molar-refractivity contribution in [3.05, 3.63) is 66.4 Å². The maximum atomic E-state index is 13.1. The van der Waals surface area contributed by atoms with Gasteiger partial charge in [-0.1, -0.05) is 11.8 Å². The Hall–Kier alpha value is -2.76. The highest BCUT2D eigenvalue weighted by atomic mass is 32.2. The van der Waals surface area contributed by atoms with E-state index in [1.807, 2.05) is 0 Å². The first kappa shape index (κ1) is 22.4. The molecule has 1 amide bonds. The Morgan fingerprint density at radius 3 is 2.19 bits per heavy atom. The standard InChI is InChI=1S/C21H20F2N4O3S2/c22-16-3-1-15(2-4-16)19-13-24-21(25-19)31-14-20(28)26-9-11-27(12-10-26)32(29,30)18-7-5-17(23)6-8-18/h1-8,13H,9-12,14H2,(H,24,25). The van der Waals surface area contributed by atoms with E-state index in [2.05, 4.69) is 9.97 Å². The molecule has 1 aromatic heterocycles. The number of thioether (sulfide) groups is 1. The summed E-state index contributed by atoms with van der Waals surface area (Å²) in [6, 6.07) is 10.7.